The third-order valence-electron chi connectivity index (χ3n) is 2.96. The number of ether oxygens (including phenoxy) is 1. The van der Waals surface area contributed by atoms with Crippen molar-refractivity contribution in [2.45, 2.75) is 25.8 Å². The number of rotatable bonds is 3. The number of ketones is 1. The summed E-state index contributed by atoms with van der Waals surface area (Å²) in [4.78, 5) is 11.1. The molecule has 0 saturated carbocycles. The second-order valence-electron chi connectivity index (χ2n) is 4.62. The highest BCUT2D eigenvalue weighted by Gasteiger charge is 2.29. The molecule has 0 amide bonds. The number of nitrogens with one attached hydrogen (secondary N) is 1. The van der Waals surface area contributed by atoms with Crippen LogP contribution >= 0.6 is 0 Å². The summed E-state index contributed by atoms with van der Waals surface area (Å²) in [6, 6.07) is 7.59. The van der Waals surface area contributed by atoms with E-state index in [1.165, 1.54) is 0 Å². The molecule has 1 N–H and O–H groups in total. The van der Waals surface area contributed by atoms with Gasteiger partial charge < -0.3 is 10.1 Å². The van der Waals surface area contributed by atoms with Crippen LogP contribution in [0.15, 0.2) is 24.3 Å². The second-order valence-corrected chi connectivity index (χ2v) is 4.62. The lowest BCUT2D eigenvalue weighted by atomic mass is 10.0. The monoisotopic (exact) mass is 219 g/mol. The van der Waals surface area contributed by atoms with E-state index in [4.69, 9.17) is 4.74 Å². The number of carbonyl (C=O) groups excluding carboxylic acids is 1. The molecule has 1 atom stereocenters. The van der Waals surface area contributed by atoms with Gasteiger partial charge in [0, 0.05) is 17.9 Å². The quantitative estimate of drug-likeness (QED) is 0.794. The third-order valence-corrected chi connectivity index (χ3v) is 2.96. The fourth-order valence-electron chi connectivity index (χ4n) is 1.90. The molecule has 1 aromatic carbocycles. The standard InChI is InChI=1S/C13H17NO2/c1-10(15)11-3-5-12(6-4-11)14-13(2)7-8-16-9-13/h3-6,14H,7-9H2,1-2H3. The normalized spacial score (nSPS) is 24.4. The van der Waals surface area contributed by atoms with E-state index in [0.29, 0.717) is 0 Å². The molecule has 0 aliphatic carbocycles. The summed E-state index contributed by atoms with van der Waals surface area (Å²) in [6.45, 7) is 5.28. The largest absolute Gasteiger partial charge is 0.379 e. The van der Waals surface area contributed by atoms with Crippen molar-refractivity contribution in [1.82, 2.24) is 0 Å². The summed E-state index contributed by atoms with van der Waals surface area (Å²) in [5, 5.41) is 3.45. The lowest BCUT2D eigenvalue weighted by Crippen LogP contribution is -2.34. The van der Waals surface area contributed by atoms with Gasteiger partial charge in [0.05, 0.1) is 12.1 Å². The van der Waals surface area contributed by atoms with Crippen molar-refractivity contribution < 1.29 is 9.53 Å². The molecule has 2 rings (SSSR count). The average molecular weight is 219 g/mol. The Morgan fingerprint density at radius 1 is 1.38 bits per heavy atom. The Balaban J connectivity index is 2.07. The lowest BCUT2D eigenvalue weighted by Gasteiger charge is -2.25. The van der Waals surface area contributed by atoms with Crippen LogP contribution in [0.25, 0.3) is 0 Å². The van der Waals surface area contributed by atoms with E-state index in [-0.39, 0.29) is 11.3 Å². The second kappa shape index (κ2) is 4.26. The molecule has 3 heteroatoms. The Morgan fingerprint density at radius 3 is 2.56 bits per heavy atom. The zero-order valence-electron chi connectivity index (χ0n) is 9.75. The van der Waals surface area contributed by atoms with Crippen LogP contribution < -0.4 is 5.32 Å². The van der Waals surface area contributed by atoms with Crippen molar-refractivity contribution >= 4 is 11.5 Å². The van der Waals surface area contributed by atoms with Gasteiger partial charge in [0.2, 0.25) is 0 Å². The van der Waals surface area contributed by atoms with E-state index in [9.17, 15) is 4.79 Å². The molecule has 1 saturated heterocycles. The van der Waals surface area contributed by atoms with Gasteiger partial charge in [-0.1, -0.05) is 0 Å². The summed E-state index contributed by atoms with van der Waals surface area (Å²) in [7, 11) is 0. The number of Topliss-reactive ketones (excluding diaryl/α,β-unsaturated/α-hetero) is 1. The van der Waals surface area contributed by atoms with Gasteiger partial charge in [0.1, 0.15) is 0 Å². The molecule has 0 bridgehead atoms. The van der Waals surface area contributed by atoms with E-state index in [2.05, 4.69) is 12.2 Å². The van der Waals surface area contributed by atoms with Crippen LogP contribution in [-0.4, -0.2) is 24.5 Å². The van der Waals surface area contributed by atoms with Crippen LogP contribution in [0.3, 0.4) is 0 Å². The lowest BCUT2D eigenvalue weighted by molar-refractivity contribution is 0.101. The van der Waals surface area contributed by atoms with Gasteiger partial charge in [-0.3, -0.25) is 4.79 Å². The third kappa shape index (κ3) is 2.42. The molecule has 0 spiro atoms. The number of carbonyl (C=O) groups is 1. The van der Waals surface area contributed by atoms with Crippen LogP contribution in [0.2, 0.25) is 0 Å². The average Bonchev–Trinajstić information content (AvgIpc) is 2.65. The summed E-state index contributed by atoms with van der Waals surface area (Å²) >= 11 is 0. The zero-order chi connectivity index (χ0) is 11.6. The SMILES string of the molecule is CC(=O)c1ccc(NC2(C)CCOC2)cc1. The first-order valence-electron chi connectivity index (χ1n) is 5.56. The first kappa shape index (κ1) is 11.1. The van der Waals surface area contributed by atoms with E-state index in [1.807, 2.05) is 24.3 Å². The Hall–Kier alpha value is -1.35. The molecule has 16 heavy (non-hydrogen) atoms. The van der Waals surface area contributed by atoms with Gasteiger partial charge in [-0.25, -0.2) is 0 Å². The van der Waals surface area contributed by atoms with Gasteiger partial charge >= 0.3 is 0 Å². The van der Waals surface area contributed by atoms with Crippen LogP contribution in [-0.2, 0) is 4.74 Å². The molecular weight excluding hydrogens is 202 g/mol. The topological polar surface area (TPSA) is 38.3 Å². The molecule has 3 nitrogen and oxygen atoms in total. The maximum atomic E-state index is 11.1. The van der Waals surface area contributed by atoms with Crippen molar-refractivity contribution in [1.29, 1.82) is 0 Å². The predicted molar refractivity (Wildman–Crippen MR) is 63.9 cm³/mol. The highest BCUT2D eigenvalue weighted by atomic mass is 16.5. The number of hydrogen-bond acceptors (Lipinski definition) is 3. The molecule has 86 valence electrons. The molecule has 1 aromatic rings. The first-order chi connectivity index (χ1) is 7.59. The highest BCUT2D eigenvalue weighted by molar-refractivity contribution is 5.94. The Kier molecular flexibility index (Phi) is 2.97. The maximum Gasteiger partial charge on any atom is 0.159 e. The van der Waals surface area contributed by atoms with E-state index >= 15 is 0 Å². The number of anilines is 1. The van der Waals surface area contributed by atoms with E-state index < -0.39 is 0 Å². The first-order valence-corrected chi connectivity index (χ1v) is 5.56. The maximum absolute atomic E-state index is 11.1. The van der Waals surface area contributed by atoms with Crippen molar-refractivity contribution in [3.05, 3.63) is 29.8 Å². The fourth-order valence-corrected chi connectivity index (χ4v) is 1.90. The van der Waals surface area contributed by atoms with Crippen LogP contribution in [0.1, 0.15) is 30.6 Å². The molecule has 1 fully saturated rings. The number of hydrogen-bond donors (Lipinski definition) is 1. The molecule has 1 unspecified atom stereocenters. The minimum atomic E-state index is 0.0255. The molecule has 1 heterocycles. The highest BCUT2D eigenvalue weighted by Crippen LogP contribution is 2.23. The van der Waals surface area contributed by atoms with Crippen molar-refractivity contribution in [3.63, 3.8) is 0 Å². The summed E-state index contributed by atoms with van der Waals surface area (Å²) in [5.41, 5.74) is 1.81. The Morgan fingerprint density at radius 2 is 2.06 bits per heavy atom. The molecule has 0 radical (unpaired) electrons. The number of benzene rings is 1. The van der Waals surface area contributed by atoms with Gasteiger partial charge in [0.25, 0.3) is 0 Å². The minimum Gasteiger partial charge on any atom is -0.379 e. The predicted octanol–water partition coefficient (Wildman–Crippen LogP) is 2.48. The van der Waals surface area contributed by atoms with E-state index in [1.54, 1.807) is 6.92 Å². The van der Waals surface area contributed by atoms with Gasteiger partial charge in [-0.05, 0) is 44.5 Å². The molecular formula is C13H17NO2. The van der Waals surface area contributed by atoms with E-state index in [0.717, 1.165) is 30.9 Å². The van der Waals surface area contributed by atoms with Gasteiger partial charge in [-0.15, -0.1) is 0 Å². The summed E-state index contributed by atoms with van der Waals surface area (Å²) < 4.78 is 5.38. The van der Waals surface area contributed by atoms with Crippen molar-refractivity contribution in [2.75, 3.05) is 18.5 Å². The van der Waals surface area contributed by atoms with Crippen LogP contribution in [0, 0.1) is 0 Å². The summed E-state index contributed by atoms with van der Waals surface area (Å²) in [5.74, 6) is 0.0990. The van der Waals surface area contributed by atoms with Crippen molar-refractivity contribution in [2.24, 2.45) is 0 Å². The van der Waals surface area contributed by atoms with Gasteiger partial charge in [0.15, 0.2) is 5.78 Å². The minimum absolute atomic E-state index is 0.0255. The Bertz CT molecular complexity index is 377. The zero-order valence-corrected chi connectivity index (χ0v) is 9.75. The van der Waals surface area contributed by atoms with Crippen LogP contribution in [0.5, 0.6) is 0 Å². The Labute approximate surface area is 95.8 Å². The van der Waals surface area contributed by atoms with Crippen LogP contribution in [0.4, 0.5) is 5.69 Å². The van der Waals surface area contributed by atoms with Crippen molar-refractivity contribution in [3.8, 4) is 0 Å². The molecule has 0 aromatic heterocycles. The molecule has 1 aliphatic rings. The fraction of sp³-hybridized carbons (Fsp3) is 0.462. The summed E-state index contributed by atoms with van der Waals surface area (Å²) in [6.07, 6.45) is 1.02. The van der Waals surface area contributed by atoms with Gasteiger partial charge in [-0.2, -0.15) is 0 Å². The smallest absolute Gasteiger partial charge is 0.159 e. The molecule has 1 aliphatic heterocycles.